The van der Waals surface area contributed by atoms with Gasteiger partial charge in [-0.2, -0.15) is 0 Å². The van der Waals surface area contributed by atoms with Gasteiger partial charge in [-0.25, -0.2) is 11.0 Å². The lowest BCUT2D eigenvalue weighted by atomic mass is 9.90. The number of carbonyl (C=O) groups is 2. The highest BCUT2D eigenvalue weighted by molar-refractivity contribution is 6.07. The Labute approximate surface area is 148 Å². The maximum atomic E-state index is 12.2. The van der Waals surface area contributed by atoms with Gasteiger partial charge < -0.3 is 0 Å². The third kappa shape index (κ3) is 3.27. The number of hydrogen-bond donors (Lipinski definition) is 4. The predicted octanol–water partition coefficient (Wildman–Crippen LogP) is 2.05. The Morgan fingerprint density at radius 2 is 1.04 bits per heavy atom. The molecule has 3 aromatic rings. The summed E-state index contributed by atoms with van der Waals surface area (Å²) in [7, 11) is 0. The minimum absolute atomic E-state index is 0.153. The van der Waals surface area contributed by atoms with Crippen molar-refractivity contribution in [2.45, 2.75) is 0 Å². The van der Waals surface area contributed by atoms with Gasteiger partial charge in [0.25, 0.3) is 11.8 Å². The molecule has 0 aliphatic rings. The van der Waals surface area contributed by atoms with Gasteiger partial charge in [0, 0.05) is 24.8 Å². The Morgan fingerprint density at radius 3 is 1.35 bits per heavy atom. The van der Waals surface area contributed by atoms with E-state index >= 15 is 0 Å². The van der Waals surface area contributed by atoms with Crippen molar-refractivity contribution in [1.82, 2.24) is 20.9 Å². The number of carbonyl (C=O) groups excluding carboxylic acids is 2. The average molecular weight is 350 g/mol. The van der Waals surface area contributed by atoms with Crippen LogP contribution in [0.5, 0.6) is 0 Å². The summed E-state index contributed by atoms with van der Waals surface area (Å²) in [6, 6.07) is 9.60. The summed E-state index contributed by atoms with van der Waals surface area (Å²) in [6.45, 7) is 0. The summed E-state index contributed by atoms with van der Waals surface area (Å²) >= 11 is 0. The van der Waals surface area contributed by atoms with E-state index in [-0.39, 0.29) is 11.1 Å². The van der Waals surface area contributed by atoms with Crippen LogP contribution in [-0.2, 0) is 0 Å². The van der Waals surface area contributed by atoms with Crippen molar-refractivity contribution in [2.24, 2.45) is 0 Å². The molecule has 0 saturated heterocycles. The first-order valence-electron chi connectivity index (χ1n) is 7.53. The van der Waals surface area contributed by atoms with Crippen molar-refractivity contribution in [2.75, 3.05) is 0 Å². The topological polar surface area (TPSA) is 124 Å². The van der Waals surface area contributed by atoms with Crippen LogP contribution in [0.1, 0.15) is 20.7 Å². The van der Waals surface area contributed by atoms with Gasteiger partial charge in [-0.3, -0.25) is 30.0 Å². The lowest BCUT2D eigenvalue weighted by Gasteiger charge is -2.15. The number of amides is 2. The normalized spacial score (nSPS) is 10.2. The molecule has 0 aliphatic carbocycles. The molecule has 130 valence electrons. The molecule has 0 atom stereocenters. The number of pyridine rings is 2. The van der Waals surface area contributed by atoms with Crippen LogP contribution in [0.15, 0.2) is 61.2 Å². The van der Waals surface area contributed by atoms with Crippen LogP contribution in [0.4, 0.5) is 0 Å². The lowest BCUT2D eigenvalue weighted by molar-refractivity contribution is 0.0699. The second kappa shape index (κ2) is 7.51. The molecule has 2 aromatic heterocycles. The lowest BCUT2D eigenvalue weighted by Crippen LogP contribution is -2.22. The maximum Gasteiger partial charge on any atom is 0.275 e. The zero-order valence-electron chi connectivity index (χ0n) is 13.4. The van der Waals surface area contributed by atoms with Crippen LogP contribution in [0.25, 0.3) is 22.3 Å². The van der Waals surface area contributed by atoms with Crippen LogP contribution in [-0.4, -0.2) is 32.2 Å². The summed E-state index contributed by atoms with van der Waals surface area (Å²) in [5.74, 6) is -1.47. The largest absolute Gasteiger partial charge is 0.288 e. The van der Waals surface area contributed by atoms with E-state index in [1.54, 1.807) is 60.0 Å². The van der Waals surface area contributed by atoms with Crippen LogP contribution in [0.2, 0.25) is 0 Å². The molecule has 26 heavy (non-hydrogen) atoms. The minimum atomic E-state index is -0.733. The Morgan fingerprint density at radius 1 is 0.692 bits per heavy atom. The first-order valence-corrected chi connectivity index (χ1v) is 7.53. The van der Waals surface area contributed by atoms with Gasteiger partial charge in [-0.1, -0.05) is 0 Å². The molecule has 2 amide bonds. The second-order valence-corrected chi connectivity index (χ2v) is 5.30. The second-order valence-electron chi connectivity index (χ2n) is 5.30. The Hall–Kier alpha value is -3.62. The molecule has 0 aliphatic heterocycles. The van der Waals surface area contributed by atoms with E-state index in [2.05, 4.69) is 9.97 Å². The molecule has 0 spiro atoms. The van der Waals surface area contributed by atoms with Crippen molar-refractivity contribution in [3.05, 3.63) is 72.3 Å². The SMILES string of the molecule is O=C(NO)c1cc(-c2ccncc2)c(C(=O)NO)cc1-c1ccncc1. The predicted molar refractivity (Wildman–Crippen MR) is 91.4 cm³/mol. The molecule has 8 nitrogen and oxygen atoms in total. The van der Waals surface area contributed by atoms with Gasteiger partial charge in [0.05, 0.1) is 11.1 Å². The summed E-state index contributed by atoms with van der Waals surface area (Å²) < 4.78 is 0. The molecular formula is C18H14N4O4. The van der Waals surface area contributed by atoms with E-state index in [4.69, 9.17) is 10.4 Å². The molecule has 0 bridgehead atoms. The highest BCUT2D eigenvalue weighted by Gasteiger charge is 2.21. The number of hydroxylamine groups is 2. The molecular weight excluding hydrogens is 336 g/mol. The van der Waals surface area contributed by atoms with Crippen molar-refractivity contribution >= 4 is 11.8 Å². The van der Waals surface area contributed by atoms with Gasteiger partial charge in [0.1, 0.15) is 0 Å². The number of nitrogens with zero attached hydrogens (tertiary/aromatic N) is 2. The van der Waals surface area contributed by atoms with Crippen LogP contribution < -0.4 is 11.0 Å². The van der Waals surface area contributed by atoms with Gasteiger partial charge in [0.15, 0.2) is 0 Å². The molecule has 0 unspecified atom stereocenters. The number of benzene rings is 1. The monoisotopic (exact) mass is 350 g/mol. The van der Waals surface area contributed by atoms with Gasteiger partial charge >= 0.3 is 0 Å². The van der Waals surface area contributed by atoms with Crippen LogP contribution in [0, 0.1) is 0 Å². The van der Waals surface area contributed by atoms with Crippen molar-refractivity contribution in [1.29, 1.82) is 0 Å². The molecule has 0 saturated carbocycles. The molecule has 3 rings (SSSR count). The third-order valence-electron chi connectivity index (χ3n) is 3.83. The smallest absolute Gasteiger partial charge is 0.275 e. The van der Waals surface area contributed by atoms with E-state index in [1.165, 1.54) is 12.1 Å². The molecule has 2 heterocycles. The van der Waals surface area contributed by atoms with Crippen LogP contribution >= 0.6 is 0 Å². The fourth-order valence-corrected chi connectivity index (χ4v) is 2.64. The van der Waals surface area contributed by atoms with Crippen molar-refractivity contribution in [3.63, 3.8) is 0 Å². The zero-order chi connectivity index (χ0) is 18.5. The Kier molecular flexibility index (Phi) is 4.97. The average Bonchev–Trinajstić information content (AvgIpc) is 2.73. The highest BCUT2D eigenvalue weighted by atomic mass is 16.5. The fraction of sp³-hybridized carbons (Fsp3) is 0. The number of hydrogen-bond acceptors (Lipinski definition) is 6. The summed E-state index contributed by atoms with van der Waals surface area (Å²) in [5.41, 5.74) is 5.57. The van der Waals surface area contributed by atoms with Crippen molar-refractivity contribution < 1.29 is 20.0 Å². The highest BCUT2D eigenvalue weighted by Crippen LogP contribution is 2.32. The molecule has 4 N–H and O–H groups in total. The first kappa shape index (κ1) is 17.2. The quantitative estimate of drug-likeness (QED) is 0.422. The Balaban J connectivity index is 2.32. The van der Waals surface area contributed by atoms with E-state index in [0.717, 1.165) is 0 Å². The Bertz CT molecular complexity index is 867. The maximum absolute atomic E-state index is 12.2. The van der Waals surface area contributed by atoms with Crippen molar-refractivity contribution in [3.8, 4) is 22.3 Å². The molecule has 8 heteroatoms. The van der Waals surface area contributed by atoms with Crippen LogP contribution in [0.3, 0.4) is 0 Å². The first-order chi connectivity index (χ1) is 12.7. The summed E-state index contributed by atoms with van der Waals surface area (Å²) in [6.07, 6.45) is 6.16. The number of rotatable bonds is 4. The molecule has 1 aromatic carbocycles. The van der Waals surface area contributed by atoms with Gasteiger partial charge in [0.2, 0.25) is 0 Å². The van der Waals surface area contributed by atoms with Gasteiger partial charge in [-0.15, -0.1) is 0 Å². The van der Waals surface area contributed by atoms with E-state index in [9.17, 15) is 9.59 Å². The minimum Gasteiger partial charge on any atom is -0.288 e. The number of nitrogens with one attached hydrogen (secondary N) is 2. The summed E-state index contributed by atoms with van der Waals surface area (Å²) in [5, 5.41) is 18.2. The van der Waals surface area contributed by atoms with E-state index < -0.39 is 11.8 Å². The van der Waals surface area contributed by atoms with E-state index in [1.807, 2.05) is 0 Å². The summed E-state index contributed by atoms with van der Waals surface area (Å²) in [4.78, 5) is 32.3. The third-order valence-corrected chi connectivity index (χ3v) is 3.83. The van der Waals surface area contributed by atoms with E-state index in [0.29, 0.717) is 22.3 Å². The standard InChI is InChI=1S/C18H14N4O4/c23-17(21-25)15-10-14(12-3-7-20-8-4-12)16(18(24)22-26)9-13(15)11-1-5-19-6-2-11/h1-10,25-26H,(H,21,23)(H,22,24). The fourth-order valence-electron chi connectivity index (χ4n) is 2.64. The zero-order valence-corrected chi connectivity index (χ0v) is 13.4. The number of aromatic nitrogens is 2. The molecule has 0 radical (unpaired) electrons. The van der Waals surface area contributed by atoms with Gasteiger partial charge in [-0.05, 0) is 58.7 Å². The molecule has 0 fully saturated rings.